The van der Waals surface area contributed by atoms with Crippen LogP contribution in [0.2, 0.25) is 5.02 Å². The van der Waals surface area contributed by atoms with Crippen LogP contribution in [0.3, 0.4) is 0 Å². The van der Waals surface area contributed by atoms with E-state index in [-0.39, 0.29) is 24.5 Å². The molecule has 2 aromatic rings. The van der Waals surface area contributed by atoms with Gasteiger partial charge in [0.1, 0.15) is 6.61 Å². The number of nitrogens with zero attached hydrogens (tertiary/aromatic N) is 2. The highest BCUT2D eigenvalue weighted by Gasteiger charge is 2.33. The van der Waals surface area contributed by atoms with Gasteiger partial charge in [0, 0.05) is 31.7 Å². The van der Waals surface area contributed by atoms with Crippen molar-refractivity contribution in [1.82, 2.24) is 9.80 Å². The molecule has 2 heterocycles. The van der Waals surface area contributed by atoms with E-state index in [1.54, 1.807) is 28.0 Å². The molecule has 4 rings (SSSR count). The number of ether oxygens (including phenoxy) is 4. The van der Waals surface area contributed by atoms with Crippen molar-refractivity contribution in [2.24, 2.45) is 0 Å². The third kappa shape index (κ3) is 4.95. The quantitative estimate of drug-likeness (QED) is 0.662. The fourth-order valence-corrected chi connectivity index (χ4v) is 4.11. The lowest BCUT2D eigenvalue weighted by Crippen LogP contribution is -2.55. The number of para-hydroxylation sites is 2. The minimum Gasteiger partial charge on any atom is -0.493 e. The number of rotatable bonds is 5. The Morgan fingerprint density at radius 2 is 1.73 bits per heavy atom. The molecule has 0 aliphatic carbocycles. The van der Waals surface area contributed by atoms with E-state index in [0.29, 0.717) is 59.8 Å². The number of benzene rings is 2. The Kier molecular flexibility index (Phi) is 6.83. The van der Waals surface area contributed by atoms with E-state index < -0.39 is 6.10 Å². The second-order valence-corrected chi connectivity index (χ2v) is 8.54. The van der Waals surface area contributed by atoms with Crippen molar-refractivity contribution in [1.29, 1.82) is 0 Å². The van der Waals surface area contributed by atoms with Gasteiger partial charge in [0.2, 0.25) is 6.10 Å². The highest BCUT2D eigenvalue weighted by Crippen LogP contribution is 2.37. The topological polar surface area (TPSA) is 77.5 Å². The molecular weight excluding hydrogens is 448 g/mol. The highest BCUT2D eigenvalue weighted by molar-refractivity contribution is 6.32. The number of amides is 2. The van der Waals surface area contributed by atoms with Crippen molar-refractivity contribution in [3.8, 4) is 23.0 Å². The molecule has 0 aromatic heterocycles. The molecule has 0 bridgehead atoms. The van der Waals surface area contributed by atoms with Gasteiger partial charge in [0.05, 0.1) is 18.2 Å². The van der Waals surface area contributed by atoms with Gasteiger partial charge in [-0.15, -0.1) is 0 Å². The summed E-state index contributed by atoms with van der Waals surface area (Å²) >= 11 is 6.37. The molecule has 2 aliphatic rings. The Morgan fingerprint density at radius 1 is 1.06 bits per heavy atom. The number of hydrogen-bond donors (Lipinski definition) is 0. The molecule has 0 spiro atoms. The smallest absolute Gasteiger partial charge is 0.267 e. The van der Waals surface area contributed by atoms with Crippen molar-refractivity contribution < 1.29 is 28.5 Å². The van der Waals surface area contributed by atoms with Crippen LogP contribution in [0.25, 0.3) is 0 Å². The summed E-state index contributed by atoms with van der Waals surface area (Å²) in [4.78, 5) is 29.4. The minimum absolute atomic E-state index is 0.0874. The normalized spacial score (nSPS) is 17.7. The minimum atomic E-state index is -0.696. The van der Waals surface area contributed by atoms with E-state index in [1.165, 1.54) is 7.11 Å². The van der Waals surface area contributed by atoms with Gasteiger partial charge in [0.15, 0.2) is 23.0 Å². The molecule has 0 saturated carbocycles. The molecule has 1 fully saturated rings. The lowest BCUT2D eigenvalue weighted by Gasteiger charge is -2.37. The number of piperazine rings is 1. The summed E-state index contributed by atoms with van der Waals surface area (Å²) < 4.78 is 22.6. The maximum absolute atomic E-state index is 13.1. The molecule has 2 aliphatic heterocycles. The van der Waals surface area contributed by atoms with Crippen LogP contribution < -0.4 is 18.9 Å². The van der Waals surface area contributed by atoms with E-state index in [4.69, 9.17) is 30.5 Å². The first-order valence-corrected chi connectivity index (χ1v) is 11.3. The van der Waals surface area contributed by atoms with Gasteiger partial charge in [-0.25, -0.2) is 0 Å². The van der Waals surface area contributed by atoms with Crippen LogP contribution in [0.1, 0.15) is 24.2 Å². The molecule has 1 atom stereocenters. The molecule has 0 radical (unpaired) electrons. The number of carbonyl (C=O) groups is 2. The lowest BCUT2D eigenvalue weighted by atomic mass is 10.1. The standard InChI is InChI=1S/C24H27ClN2O6/c1-15(2)32-22-17(25)12-16(13-20(22)30-3)23(28)26-8-10-27(11-9-26)24(29)21-14-31-18-6-4-5-7-19(18)33-21/h4-7,12-13,15,21H,8-11,14H2,1-3H3/t21-/m1/s1. The molecule has 2 aromatic carbocycles. The van der Waals surface area contributed by atoms with Crippen molar-refractivity contribution in [2.75, 3.05) is 39.9 Å². The first-order valence-electron chi connectivity index (χ1n) is 10.9. The molecule has 1 saturated heterocycles. The van der Waals surface area contributed by atoms with Crippen LogP contribution in [0.4, 0.5) is 0 Å². The number of carbonyl (C=O) groups excluding carboxylic acids is 2. The Bertz CT molecular complexity index is 1040. The third-order valence-electron chi connectivity index (χ3n) is 5.49. The first-order chi connectivity index (χ1) is 15.9. The Morgan fingerprint density at radius 3 is 2.39 bits per heavy atom. The summed E-state index contributed by atoms with van der Waals surface area (Å²) in [5, 5.41) is 0.315. The van der Waals surface area contributed by atoms with Crippen LogP contribution in [0.15, 0.2) is 36.4 Å². The molecule has 0 N–H and O–H groups in total. The van der Waals surface area contributed by atoms with Gasteiger partial charge in [-0.2, -0.15) is 0 Å². The van der Waals surface area contributed by atoms with Crippen molar-refractivity contribution in [3.05, 3.63) is 47.0 Å². The van der Waals surface area contributed by atoms with Crippen molar-refractivity contribution in [3.63, 3.8) is 0 Å². The zero-order chi connectivity index (χ0) is 23.5. The second-order valence-electron chi connectivity index (χ2n) is 8.14. The molecule has 0 unspecified atom stereocenters. The average molecular weight is 475 g/mol. The van der Waals surface area contributed by atoms with Crippen LogP contribution in [0.5, 0.6) is 23.0 Å². The number of methoxy groups -OCH3 is 1. The summed E-state index contributed by atoms with van der Waals surface area (Å²) in [5.41, 5.74) is 0.411. The van der Waals surface area contributed by atoms with Crippen molar-refractivity contribution in [2.45, 2.75) is 26.1 Å². The lowest BCUT2D eigenvalue weighted by molar-refractivity contribution is -0.142. The van der Waals surface area contributed by atoms with E-state index in [0.717, 1.165) is 0 Å². The molecule has 2 amide bonds. The summed E-state index contributed by atoms with van der Waals surface area (Å²) in [5.74, 6) is 1.70. The fraction of sp³-hybridized carbons (Fsp3) is 0.417. The van der Waals surface area contributed by atoms with Crippen molar-refractivity contribution >= 4 is 23.4 Å². The Labute approximate surface area is 197 Å². The second kappa shape index (κ2) is 9.79. The summed E-state index contributed by atoms with van der Waals surface area (Å²) in [6.07, 6.45) is -0.783. The SMILES string of the molecule is COc1cc(C(=O)N2CCN(C(=O)[C@H]3COc4ccccc4O3)CC2)cc(Cl)c1OC(C)C. The zero-order valence-corrected chi connectivity index (χ0v) is 19.6. The van der Waals surface area contributed by atoms with Crippen LogP contribution >= 0.6 is 11.6 Å². The van der Waals surface area contributed by atoms with Gasteiger partial charge in [0.25, 0.3) is 11.8 Å². The first kappa shape index (κ1) is 23.0. The Hall–Kier alpha value is -3.13. The zero-order valence-electron chi connectivity index (χ0n) is 18.9. The van der Waals surface area contributed by atoms with Crippen LogP contribution in [-0.2, 0) is 4.79 Å². The molecule has 8 nitrogen and oxygen atoms in total. The van der Waals surface area contributed by atoms with Gasteiger partial charge in [-0.3, -0.25) is 9.59 Å². The number of fused-ring (bicyclic) bond motifs is 1. The summed E-state index contributed by atoms with van der Waals surface area (Å²) in [7, 11) is 1.51. The maximum atomic E-state index is 13.1. The Balaban J connectivity index is 1.38. The van der Waals surface area contributed by atoms with Gasteiger partial charge >= 0.3 is 0 Å². The predicted octanol–water partition coefficient (Wildman–Crippen LogP) is 3.26. The van der Waals surface area contributed by atoms with Gasteiger partial charge in [-0.1, -0.05) is 23.7 Å². The third-order valence-corrected chi connectivity index (χ3v) is 5.77. The summed E-state index contributed by atoms with van der Waals surface area (Å²) in [6, 6.07) is 10.5. The summed E-state index contributed by atoms with van der Waals surface area (Å²) in [6.45, 7) is 5.56. The van der Waals surface area contributed by atoms with Gasteiger partial charge < -0.3 is 28.7 Å². The van der Waals surface area contributed by atoms with E-state index in [2.05, 4.69) is 0 Å². The van der Waals surface area contributed by atoms with Crippen LogP contribution in [-0.4, -0.2) is 73.7 Å². The highest BCUT2D eigenvalue weighted by atomic mass is 35.5. The van der Waals surface area contributed by atoms with E-state index >= 15 is 0 Å². The monoisotopic (exact) mass is 474 g/mol. The van der Waals surface area contributed by atoms with Crippen LogP contribution in [0, 0.1) is 0 Å². The maximum Gasteiger partial charge on any atom is 0.267 e. The van der Waals surface area contributed by atoms with E-state index in [9.17, 15) is 9.59 Å². The molecular formula is C24H27ClN2O6. The molecule has 9 heteroatoms. The fourth-order valence-electron chi connectivity index (χ4n) is 3.85. The van der Waals surface area contributed by atoms with E-state index in [1.807, 2.05) is 32.0 Å². The number of halogens is 1. The molecule has 33 heavy (non-hydrogen) atoms. The van der Waals surface area contributed by atoms with Gasteiger partial charge in [-0.05, 0) is 38.1 Å². The molecule has 176 valence electrons. The predicted molar refractivity (Wildman–Crippen MR) is 123 cm³/mol. The average Bonchev–Trinajstić information content (AvgIpc) is 2.83. The number of hydrogen-bond acceptors (Lipinski definition) is 6. The largest absolute Gasteiger partial charge is 0.493 e.